The van der Waals surface area contributed by atoms with Crippen LogP contribution in [-0.4, -0.2) is 8.07 Å². The number of hydrogen-bond acceptors (Lipinski definition) is 0. The minimum atomic E-state index is -1.36. The third kappa shape index (κ3) is 2.23. The van der Waals surface area contributed by atoms with Crippen LogP contribution in [-0.2, 0) is 0 Å². The second-order valence-electron chi connectivity index (χ2n) is 4.13. The van der Waals surface area contributed by atoms with Crippen LogP contribution in [0, 0.1) is 0 Å². The van der Waals surface area contributed by atoms with Gasteiger partial charge in [0, 0.05) is 0 Å². The molecule has 0 nitrogen and oxygen atoms in total. The van der Waals surface area contributed by atoms with Gasteiger partial charge < -0.3 is 0 Å². The Kier molecular flexibility index (Phi) is 4.34. The Morgan fingerprint density at radius 3 is 2.07 bits per heavy atom. The fourth-order valence-corrected chi connectivity index (χ4v) is 6.75. The lowest BCUT2D eigenvalue weighted by molar-refractivity contribution is 1.25. The normalized spacial score (nSPS) is 12.9. The van der Waals surface area contributed by atoms with Crippen LogP contribution in [0.15, 0.2) is 41.6 Å². The van der Waals surface area contributed by atoms with Gasteiger partial charge in [-0.25, -0.2) is 0 Å². The van der Waals surface area contributed by atoms with Crippen LogP contribution in [0.5, 0.6) is 0 Å². The smallest absolute Gasteiger partial charge is 0.0922 e. The maximum Gasteiger partial charge on any atom is 0.112 e. The summed E-state index contributed by atoms with van der Waals surface area (Å²) in [6.07, 6.45) is 2.31. The molecule has 0 spiro atoms. The summed E-state index contributed by atoms with van der Waals surface area (Å²) >= 11 is 0. The van der Waals surface area contributed by atoms with Crippen LogP contribution in [0.2, 0.25) is 12.1 Å². The van der Waals surface area contributed by atoms with Gasteiger partial charge in [0.2, 0.25) is 0 Å². The highest BCUT2D eigenvalue weighted by Gasteiger charge is 2.32. The monoisotopic (exact) mass is 218 g/mol. The van der Waals surface area contributed by atoms with Crippen molar-refractivity contribution in [3.05, 3.63) is 41.6 Å². The highest BCUT2D eigenvalue weighted by Crippen LogP contribution is 2.23. The summed E-state index contributed by atoms with van der Waals surface area (Å²) in [5.74, 6) is 0. The molecule has 0 amide bonds. The fraction of sp³-hybridized carbons (Fsp3) is 0.429. The Bertz CT molecular complexity index is 320. The van der Waals surface area contributed by atoms with E-state index in [1.165, 1.54) is 12.1 Å². The van der Waals surface area contributed by atoms with E-state index in [0.29, 0.717) is 0 Å². The van der Waals surface area contributed by atoms with Crippen molar-refractivity contribution >= 4 is 13.3 Å². The van der Waals surface area contributed by atoms with Crippen molar-refractivity contribution in [1.82, 2.24) is 0 Å². The Morgan fingerprint density at radius 1 is 1.13 bits per heavy atom. The van der Waals surface area contributed by atoms with Crippen molar-refractivity contribution in [1.29, 1.82) is 0 Å². The first kappa shape index (κ1) is 12.2. The van der Waals surface area contributed by atoms with Crippen LogP contribution in [0.4, 0.5) is 0 Å². The summed E-state index contributed by atoms with van der Waals surface area (Å²) < 4.78 is 0. The van der Waals surface area contributed by atoms with Gasteiger partial charge in [-0.15, -0.1) is 0 Å². The highest BCUT2D eigenvalue weighted by molar-refractivity contribution is 6.97. The first-order valence-electron chi connectivity index (χ1n) is 5.90. The molecular formula is C14H22Si. The number of rotatable bonds is 4. The molecule has 82 valence electrons. The maximum absolute atomic E-state index is 2.34. The van der Waals surface area contributed by atoms with Crippen LogP contribution in [0.1, 0.15) is 27.7 Å². The molecule has 0 aromatic heterocycles. The van der Waals surface area contributed by atoms with Crippen LogP contribution in [0.25, 0.3) is 0 Å². The van der Waals surface area contributed by atoms with E-state index in [9.17, 15) is 0 Å². The molecule has 0 saturated heterocycles. The minimum Gasteiger partial charge on any atom is -0.0922 e. The zero-order chi connectivity index (χ0) is 11.3. The van der Waals surface area contributed by atoms with Gasteiger partial charge in [-0.2, -0.15) is 0 Å². The molecule has 0 aliphatic carbocycles. The summed E-state index contributed by atoms with van der Waals surface area (Å²) in [7, 11) is -1.36. The van der Waals surface area contributed by atoms with Gasteiger partial charge in [-0.1, -0.05) is 72.7 Å². The third-order valence-electron chi connectivity index (χ3n) is 3.72. The van der Waals surface area contributed by atoms with Gasteiger partial charge in [-0.3, -0.25) is 0 Å². The van der Waals surface area contributed by atoms with E-state index in [1.54, 1.807) is 10.4 Å². The average Bonchev–Trinajstić information content (AvgIpc) is 2.32. The SMILES string of the molecule is CC=C(C)[Si](CC)(CC)c1ccccc1. The van der Waals surface area contributed by atoms with E-state index < -0.39 is 8.07 Å². The van der Waals surface area contributed by atoms with Crippen molar-refractivity contribution in [3.63, 3.8) is 0 Å². The summed E-state index contributed by atoms with van der Waals surface area (Å²) in [5, 5.41) is 3.21. The molecular weight excluding hydrogens is 196 g/mol. The molecule has 0 saturated carbocycles. The maximum atomic E-state index is 2.34. The quantitative estimate of drug-likeness (QED) is 0.673. The van der Waals surface area contributed by atoms with Crippen molar-refractivity contribution in [3.8, 4) is 0 Å². The largest absolute Gasteiger partial charge is 0.112 e. The predicted molar refractivity (Wildman–Crippen MR) is 72.2 cm³/mol. The number of allylic oxidation sites excluding steroid dienone is 2. The number of benzene rings is 1. The summed E-state index contributed by atoms with van der Waals surface area (Å²) in [5.41, 5.74) is 0. The molecule has 1 aromatic carbocycles. The lowest BCUT2D eigenvalue weighted by Gasteiger charge is -2.31. The topological polar surface area (TPSA) is 0 Å². The zero-order valence-corrected chi connectivity index (χ0v) is 11.4. The van der Waals surface area contributed by atoms with E-state index >= 15 is 0 Å². The Morgan fingerprint density at radius 2 is 1.67 bits per heavy atom. The van der Waals surface area contributed by atoms with Crippen molar-refractivity contribution < 1.29 is 0 Å². The molecule has 0 aliphatic rings. The van der Waals surface area contributed by atoms with Gasteiger partial charge in [0.1, 0.15) is 8.07 Å². The van der Waals surface area contributed by atoms with Gasteiger partial charge in [0.25, 0.3) is 0 Å². The van der Waals surface area contributed by atoms with Crippen LogP contribution in [0.3, 0.4) is 0 Å². The van der Waals surface area contributed by atoms with Crippen LogP contribution >= 0.6 is 0 Å². The second-order valence-corrected chi connectivity index (χ2v) is 9.07. The molecule has 0 unspecified atom stereocenters. The van der Waals surface area contributed by atoms with Gasteiger partial charge in [-0.05, 0) is 13.8 Å². The molecule has 0 radical (unpaired) electrons. The molecule has 0 bridgehead atoms. The van der Waals surface area contributed by atoms with Crippen molar-refractivity contribution in [2.45, 2.75) is 39.8 Å². The lowest BCUT2D eigenvalue weighted by Crippen LogP contribution is -2.48. The molecule has 0 N–H and O–H groups in total. The highest BCUT2D eigenvalue weighted by atomic mass is 28.3. The van der Waals surface area contributed by atoms with Crippen molar-refractivity contribution in [2.24, 2.45) is 0 Å². The Balaban J connectivity index is 3.23. The first-order chi connectivity index (χ1) is 7.21. The Labute approximate surface area is 95.0 Å². The Hall–Kier alpha value is -0.823. The lowest BCUT2D eigenvalue weighted by atomic mass is 10.4. The zero-order valence-electron chi connectivity index (χ0n) is 10.4. The van der Waals surface area contributed by atoms with E-state index in [2.05, 4.69) is 64.1 Å². The molecule has 15 heavy (non-hydrogen) atoms. The molecule has 1 rings (SSSR count). The van der Waals surface area contributed by atoms with Crippen LogP contribution < -0.4 is 5.19 Å². The average molecular weight is 218 g/mol. The molecule has 0 atom stereocenters. The first-order valence-corrected chi connectivity index (χ1v) is 8.31. The molecule has 0 heterocycles. The summed E-state index contributed by atoms with van der Waals surface area (Å²) in [4.78, 5) is 0. The molecule has 0 aliphatic heterocycles. The third-order valence-corrected chi connectivity index (χ3v) is 9.37. The summed E-state index contributed by atoms with van der Waals surface area (Å²) in [6, 6.07) is 13.7. The van der Waals surface area contributed by atoms with Gasteiger partial charge in [0.05, 0.1) is 0 Å². The minimum absolute atomic E-state index is 1.31. The standard InChI is InChI=1S/C14H22Si/c1-5-13(4)15(6-2,7-3)14-11-9-8-10-12-14/h5,8-12H,6-7H2,1-4H3. The molecule has 1 heteroatoms. The van der Waals surface area contributed by atoms with E-state index in [0.717, 1.165) is 0 Å². The van der Waals surface area contributed by atoms with Gasteiger partial charge in [0.15, 0.2) is 0 Å². The van der Waals surface area contributed by atoms with Crippen molar-refractivity contribution in [2.75, 3.05) is 0 Å². The second kappa shape index (κ2) is 5.31. The fourth-order valence-electron chi connectivity index (χ4n) is 2.48. The van der Waals surface area contributed by atoms with E-state index in [4.69, 9.17) is 0 Å². The van der Waals surface area contributed by atoms with Gasteiger partial charge >= 0.3 is 0 Å². The molecule has 0 fully saturated rings. The predicted octanol–water partition coefficient (Wildman–Crippen LogP) is 3.89. The summed E-state index contributed by atoms with van der Waals surface area (Å²) in [6.45, 7) is 9.17. The molecule has 1 aromatic rings. The van der Waals surface area contributed by atoms with E-state index in [1.807, 2.05) is 0 Å². The van der Waals surface area contributed by atoms with E-state index in [-0.39, 0.29) is 0 Å². The number of hydrogen-bond donors (Lipinski definition) is 0.